The van der Waals surface area contributed by atoms with Gasteiger partial charge < -0.3 is 14.4 Å². The van der Waals surface area contributed by atoms with E-state index < -0.39 is 47.4 Å². The Morgan fingerprint density at radius 1 is 1.02 bits per heavy atom. The summed E-state index contributed by atoms with van der Waals surface area (Å²) < 4.78 is 71.4. The number of benzene rings is 2. The maximum Gasteiger partial charge on any atom is 1.00 e. The van der Waals surface area contributed by atoms with Gasteiger partial charge in [0, 0.05) is 17.4 Å². The summed E-state index contributed by atoms with van der Waals surface area (Å²) in [5.74, 6) is -0.471. The van der Waals surface area contributed by atoms with Crippen LogP contribution >= 0.6 is 21.6 Å². The zero-order chi connectivity index (χ0) is 28.2. The largest absolute Gasteiger partial charge is 1.00 e. The Kier molecular flexibility index (Phi) is 15.4. The first-order chi connectivity index (χ1) is 18.4. The van der Waals surface area contributed by atoms with Crippen molar-refractivity contribution in [2.45, 2.75) is 42.2 Å². The van der Waals surface area contributed by atoms with Crippen LogP contribution in [0.3, 0.4) is 0 Å². The number of carbonyl (C=O) groups is 2. The minimum Gasteiger partial charge on any atom is -0.744 e. The molecule has 17 heteroatoms. The van der Waals surface area contributed by atoms with Crippen LogP contribution in [0.1, 0.15) is 48.0 Å². The monoisotopic (exact) mass is 687 g/mol. The second kappa shape index (κ2) is 16.8. The summed E-state index contributed by atoms with van der Waals surface area (Å²) >= 11 is 0. The predicted octanol–water partition coefficient (Wildman–Crippen LogP) is -2.20. The zero-order valence-electron chi connectivity index (χ0n) is 22.3. The number of unbranched alkanes of at least 4 members (excludes halogenated alkanes) is 1. The van der Waals surface area contributed by atoms with Gasteiger partial charge >= 0.3 is 103 Å². The number of allylic oxidation sites excluding steroid dienone is 1. The molecular weight excluding hydrogens is 665 g/mol. The van der Waals surface area contributed by atoms with Crippen LogP contribution in [0.4, 0.5) is 11.4 Å². The number of hydrazone groups is 1. The fraction of sp³-hybridized carbons (Fsp3) is 0.292. The standard InChI is InChI=1S/C24H25N3O8S4.2K/c28-21(9-5-4-8-17-10-11-36-37-17)25-19-14-18(38(30,31)32)12-15-13-20(39(33,34)35)23(24(29)22(15)19)27-26-16-6-2-1-3-7-16;;/h1-3,6-7,12-14,17,26H,4-5,8-11H2,(H,25,28)(H,30,31,32)(H,33,34,35);;/q;2*+1/p-2/b27-23+;;. The molecule has 0 spiro atoms. The average molecular weight is 688 g/mol. The number of ketones is 1. The van der Waals surface area contributed by atoms with Crippen LogP contribution in [-0.4, -0.2) is 54.3 Å². The summed E-state index contributed by atoms with van der Waals surface area (Å²) in [6, 6.07) is 9.84. The van der Waals surface area contributed by atoms with Crippen LogP contribution in [0.15, 0.2) is 57.4 Å². The van der Waals surface area contributed by atoms with E-state index in [-0.39, 0.29) is 126 Å². The van der Waals surface area contributed by atoms with Crippen LogP contribution in [-0.2, 0) is 25.0 Å². The van der Waals surface area contributed by atoms with E-state index in [9.17, 15) is 35.5 Å². The number of carbonyl (C=O) groups excluding carboxylic acids is 2. The molecule has 2 aliphatic rings. The van der Waals surface area contributed by atoms with Crippen LogP contribution in [0, 0.1) is 0 Å². The van der Waals surface area contributed by atoms with Crippen molar-refractivity contribution >= 4 is 76.7 Å². The van der Waals surface area contributed by atoms with Gasteiger partial charge in [-0.2, -0.15) is 5.10 Å². The molecule has 0 aromatic heterocycles. The van der Waals surface area contributed by atoms with Crippen LogP contribution < -0.4 is 114 Å². The average Bonchev–Trinajstić information content (AvgIpc) is 3.39. The molecule has 1 aliphatic carbocycles. The smallest absolute Gasteiger partial charge is 0.744 e. The van der Waals surface area contributed by atoms with E-state index in [1.165, 1.54) is 0 Å². The SMILES string of the molecule is O=C(CCCCC1CCSS1)Nc1cc(S(=O)(=O)[O-])cc2c1C(=O)/C(=N/Nc1ccccc1)C(S(=O)(=O)[O-])=C2.[K+].[K+]. The molecule has 2 N–H and O–H groups in total. The van der Waals surface area contributed by atoms with Gasteiger partial charge in [-0.1, -0.05) is 46.2 Å². The molecule has 1 atom stereocenters. The third-order valence-corrected chi connectivity index (χ3v) is 10.6. The number of rotatable bonds is 10. The van der Waals surface area contributed by atoms with Crippen molar-refractivity contribution in [3.8, 4) is 0 Å². The quantitative estimate of drug-likeness (QED) is 0.0909. The summed E-state index contributed by atoms with van der Waals surface area (Å²) in [6.45, 7) is 0. The Hall–Kier alpha value is 0.583. The molecule has 0 saturated carbocycles. The van der Waals surface area contributed by atoms with Crippen molar-refractivity contribution in [1.82, 2.24) is 0 Å². The summed E-state index contributed by atoms with van der Waals surface area (Å²) in [5, 5.41) is 6.87. The molecule has 208 valence electrons. The molecule has 2 aromatic rings. The van der Waals surface area contributed by atoms with E-state index in [0.29, 0.717) is 17.4 Å². The molecule has 4 rings (SSSR count). The molecule has 11 nitrogen and oxygen atoms in total. The molecule has 0 radical (unpaired) electrons. The number of anilines is 2. The van der Waals surface area contributed by atoms with Crippen molar-refractivity contribution in [2.75, 3.05) is 16.5 Å². The van der Waals surface area contributed by atoms with Crippen molar-refractivity contribution < 1.29 is 138 Å². The van der Waals surface area contributed by atoms with Gasteiger partial charge in [-0.25, -0.2) is 16.8 Å². The Bertz CT molecular complexity index is 1560. The van der Waals surface area contributed by atoms with E-state index in [1.54, 1.807) is 30.3 Å². The summed E-state index contributed by atoms with van der Waals surface area (Å²) in [5.41, 5.74) is 1.24. The number of nitrogens with zero attached hydrogens (tertiary/aromatic N) is 1. The van der Waals surface area contributed by atoms with Crippen LogP contribution in [0.25, 0.3) is 6.08 Å². The Morgan fingerprint density at radius 2 is 1.73 bits per heavy atom. The number of nitrogens with one attached hydrogen (secondary N) is 2. The van der Waals surface area contributed by atoms with Crippen LogP contribution in [0.2, 0.25) is 0 Å². The van der Waals surface area contributed by atoms with E-state index in [2.05, 4.69) is 15.8 Å². The van der Waals surface area contributed by atoms with Crippen molar-refractivity contribution in [1.29, 1.82) is 0 Å². The Labute approximate surface area is 331 Å². The Balaban J connectivity index is 0.00000294. The predicted molar refractivity (Wildman–Crippen MR) is 149 cm³/mol. The molecule has 1 fully saturated rings. The second-order valence-corrected chi connectivity index (χ2v) is 14.3. The van der Waals surface area contributed by atoms with Gasteiger partial charge in [0.05, 0.1) is 26.7 Å². The van der Waals surface area contributed by atoms with Crippen molar-refractivity contribution in [3.05, 3.63) is 58.5 Å². The zero-order valence-corrected chi connectivity index (χ0v) is 31.8. The van der Waals surface area contributed by atoms with E-state index >= 15 is 0 Å². The van der Waals surface area contributed by atoms with Gasteiger partial charge in [-0.05, 0) is 55.2 Å². The molecule has 1 amide bonds. The number of hydrogen-bond donors (Lipinski definition) is 2. The van der Waals surface area contributed by atoms with E-state index in [0.717, 1.165) is 43.2 Å². The van der Waals surface area contributed by atoms with Crippen molar-refractivity contribution in [2.24, 2.45) is 5.10 Å². The number of fused-ring (bicyclic) bond motifs is 1. The van der Waals surface area contributed by atoms with Gasteiger partial charge in [-0.15, -0.1) is 0 Å². The van der Waals surface area contributed by atoms with E-state index in [1.807, 2.05) is 21.6 Å². The molecule has 2 aromatic carbocycles. The number of Topliss-reactive ketones (excluding diaryl/α,β-unsaturated/α-hetero) is 1. The molecule has 1 aliphatic heterocycles. The normalized spacial score (nSPS) is 17.6. The minimum atomic E-state index is -5.26. The fourth-order valence-electron chi connectivity index (χ4n) is 4.05. The summed E-state index contributed by atoms with van der Waals surface area (Å²) in [6.07, 6.45) is 4.27. The Morgan fingerprint density at radius 3 is 2.34 bits per heavy atom. The first kappa shape index (κ1) is 37.8. The van der Waals surface area contributed by atoms with E-state index in [4.69, 9.17) is 0 Å². The minimum absolute atomic E-state index is 0. The molecule has 41 heavy (non-hydrogen) atoms. The fourth-order valence-corrected chi connectivity index (χ4v) is 8.26. The third kappa shape index (κ3) is 10.6. The first-order valence-corrected chi connectivity index (χ1v) is 17.0. The summed E-state index contributed by atoms with van der Waals surface area (Å²) in [7, 11) is -6.67. The maximum atomic E-state index is 13.5. The third-order valence-electron chi connectivity index (χ3n) is 5.91. The second-order valence-electron chi connectivity index (χ2n) is 8.74. The molecule has 1 heterocycles. The van der Waals surface area contributed by atoms with Gasteiger partial charge in [-0.3, -0.25) is 15.0 Å². The van der Waals surface area contributed by atoms with Gasteiger partial charge in [0.25, 0.3) is 0 Å². The van der Waals surface area contributed by atoms with Gasteiger partial charge in [0.2, 0.25) is 11.7 Å². The van der Waals surface area contributed by atoms with Gasteiger partial charge in [0.15, 0.2) is 0 Å². The maximum absolute atomic E-state index is 13.5. The summed E-state index contributed by atoms with van der Waals surface area (Å²) in [4.78, 5) is 24.4. The molecule has 1 unspecified atom stereocenters. The molecule has 1 saturated heterocycles. The molecular formula is C24H23K2N3O8S4. The molecule has 0 bridgehead atoms. The first-order valence-electron chi connectivity index (χ1n) is 11.8. The topological polar surface area (TPSA) is 185 Å². The van der Waals surface area contributed by atoms with Crippen LogP contribution in [0.5, 0.6) is 0 Å². The number of para-hydroxylation sites is 1. The number of hydrogen-bond acceptors (Lipinski definition) is 12. The number of amides is 1. The van der Waals surface area contributed by atoms with Crippen molar-refractivity contribution in [3.63, 3.8) is 0 Å². The van der Waals surface area contributed by atoms with Gasteiger partial charge in [0.1, 0.15) is 25.9 Å².